The van der Waals surface area contributed by atoms with Crippen LogP contribution in [0.4, 0.5) is 13.2 Å². The van der Waals surface area contributed by atoms with E-state index in [9.17, 15) is 23.1 Å². The number of fused-ring (bicyclic) bond motifs is 1. The van der Waals surface area contributed by atoms with Gasteiger partial charge in [0, 0.05) is 25.9 Å². The molecule has 1 amide bonds. The van der Waals surface area contributed by atoms with Crippen LogP contribution in [0.5, 0.6) is 0 Å². The number of rotatable bonds is 1. The third-order valence-electron chi connectivity index (χ3n) is 4.65. The van der Waals surface area contributed by atoms with Gasteiger partial charge >= 0.3 is 6.18 Å². The Balaban J connectivity index is 1.72. The van der Waals surface area contributed by atoms with Gasteiger partial charge in [0.05, 0.1) is 0 Å². The molecule has 126 valence electrons. The van der Waals surface area contributed by atoms with Crippen LogP contribution in [-0.4, -0.2) is 46.5 Å². The van der Waals surface area contributed by atoms with E-state index in [0.717, 1.165) is 23.3 Å². The summed E-state index contributed by atoms with van der Waals surface area (Å²) in [6, 6.07) is 7.72. The van der Waals surface area contributed by atoms with Gasteiger partial charge in [-0.15, -0.1) is 11.8 Å². The average molecular weight is 345 g/mol. The van der Waals surface area contributed by atoms with Gasteiger partial charge < -0.3 is 10.0 Å². The fourth-order valence-electron chi connectivity index (χ4n) is 3.14. The molecule has 0 radical (unpaired) electrons. The summed E-state index contributed by atoms with van der Waals surface area (Å²) in [7, 11) is 0. The van der Waals surface area contributed by atoms with E-state index in [4.69, 9.17) is 0 Å². The lowest BCUT2D eigenvalue weighted by Gasteiger charge is -2.40. The topological polar surface area (TPSA) is 40.5 Å². The maximum atomic E-state index is 12.8. The number of thioether (sulfide) groups is 1. The number of piperidine rings is 1. The first-order valence-electron chi connectivity index (χ1n) is 7.59. The highest BCUT2D eigenvalue weighted by Gasteiger charge is 2.55. The number of hydrogen-bond acceptors (Lipinski definition) is 3. The molecule has 1 N–H and O–H groups in total. The minimum absolute atomic E-state index is 0.0614. The van der Waals surface area contributed by atoms with Crippen LogP contribution in [0, 0.1) is 0 Å². The Morgan fingerprint density at radius 2 is 1.91 bits per heavy atom. The zero-order valence-electron chi connectivity index (χ0n) is 12.5. The number of halogens is 3. The molecule has 0 bridgehead atoms. The fraction of sp³-hybridized carbons (Fsp3) is 0.562. The summed E-state index contributed by atoms with van der Waals surface area (Å²) < 4.78 is 38.5. The Kier molecular flexibility index (Phi) is 4.35. The quantitative estimate of drug-likeness (QED) is 0.851. The lowest BCUT2D eigenvalue weighted by atomic mass is 9.90. The van der Waals surface area contributed by atoms with Gasteiger partial charge in [-0.05, 0) is 23.3 Å². The summed E-state index contributed by atoms with van der Waals surface area (Å²) in [6.07, 6.45) is -4.66. The first-order chi connectivity index (χ1) is 10.8. The Morgan fingerprint density at radius 3 is 2.57 bits per heavy atom. The molecule has 0 spiro atoms. The molecule has 2 aliphatic heterocycles. The summed E-state index contributed by atoms with van der Waals surface area (Å²) in [6.45, 7) is -0.123. The molecule has 3 nitrogen and oxygen atoms in total. The summed E-state index contributed by atoms with van der Waals surface area (Å²) in [5.41, 5.74) is -0.569. The first kappa shape index (κ1) is 16.6. The second-order valence-electron chi connectivity index (χ2n) is 6.05. The molecule has 1 atom stereocenters. The molecule has 2 heterocycles. The van der Waals surface area contributed by atoms with E-state index >= 15 is 0 Å². The number of amides is 1. The van der Waals surface area contributed by atoms with Gasteiger partial charge in [-0.3, -0.25) is 4.79 Å². The molecule has 1 saturated heterocycles. The van der Waals surface area contributed by atoms with E-state index in [1.807, 2.05) is 24.3 Å². The minimum atomic E-state index is -4.64. The van der Waals surface area contributed by atoms with Gasteiger partial charge in [0.15, 0.2) is 5.60 Å². The summed E-state index contributed by atoms with van der Waals surface area (Å²) in [5.74, 6) is 0.680. The van der Waals surface area contributed by atoms with Gasteiger partial charge in [-0.2, -0.15) is 13.2 Å². The molecule has 1 aromatic carbocycles. The molecule has 0 saturated carbocycles. The van der Waals surface area contributed by atoms with E-state index in [1.165, 1.54) is 16.7 Å². The number of benzene rings is 1. The zero-order valence-corrected chi connectivity index (χ0v) is 13.3. The predicted octanol–water partition coefficient (Wildman–Crippen LogP) is 2.93. The molecule has 1 unspecified atom stereocenters. The van der Waals surface area contributed by atoms with Crippen LogP contribution in [0.15, 0.2) is 24.3 Å². The molecule has 1 aromatic rings. The Hall–Kier alpha value is -1.21. The van der Waals surface area contributed by atoms with Crippen LogP contribution in [-0.2, 0) is 11.2 Å². The van der Waals surface area contributed by atoms with Crippen molar-refractivity contribution in [3.8, 4) is 0 Å². The van der Waals surface area contributed by atoms with Crippen molar-refractivity contribution >= 4 is 17.7 Å². The molecule has 7 heteroatoms. The predicted molar refractivity (Wildman–Crippen MR) is 82.2 cm³/mol. The Bertz CT molecular complexity index is 597. The van der Waals surface area contributed by atoms with Gasteiger partial charge in [0.25, 0.3) is 0 Å². The molecule has 1 fully saturated rings. The number of aliphatic hydroxyl groups is 1. The summed E-state index contributed by atoms with van der Waals surface area (Å²) in [4.78, 5) is 14.2. The normalized spacial score (nSPS) is 24.2. The van der Waals surface area contributed by atoms with Crippen molar-refractivity contribution in [3.63, 3.8) is 0 Å². The highest BCUT2D eigenvalue weighted by molar-refractivity contribution is 8.00. The van der Waals surface area contributed by atoms with Crippen LogP contribution in [0.3, 0.4) is 0 Å². The van der Waals surface area contributed by atoms with Crippen molar-refractivity contribution in [2.45, 2.75) is 36.3 Å². The smallest absolute Gasteiger partial charge is 0.380 e. The standard InChI is InChI=1S/C16H18F3NO2S/c17-16(18,19)15(22)6-8-20(9-7-15)14(21)13-12-4-2-1-3-11(12)5-10-23-13/h1-4,13,22H,5-10H2. The number of carbonyl (C=O) groups is 1. The second kappa shape index (κ2) is 6.02. The molecule has 0 aromatic heterocycles. The molecule has 23 heavy (non-hydrogen) atoms. The summed E-state index contributed by atoms with van der Waals surface area (Å²) in [5, 5.41) is 9.36. The average Bonchev–Trinajstić information content (AvgIpc) is 2.53. The van der Waals surface area contributed by atoms with Crippen molar-refractivity contribution < 1.29 is 23.1 Å². The van der Waals surface area contributed by atoms with Crippen LogP contribution < -0.4 is 0 Å². The molecular weight excluding hydrogens is 327 g/mol. The SMILES string of the molecule is O=C(C1SCCc2ccccc21)N1CCC(O)(C(F)(F)F)CC1. The van der Waals surface area contributed by atoms with Crippen molar-refractivity contribution in [2.75, 3.05) is 18.8 Å². The van der Waals surface area contributed by atoms with Gasteiger partial charge in [0.1, 0.15) is 5.25 Å². The van der Waals surface area contributed by atoms with E-state index < -0.39 is 24.6 Å². The minimum Gasteiger partial charge on any atom is -0.380 e. The van der Waals surface area contributed by atoms with Crippen molar-refractivity contribution in [3.05, 3.63) is 35.4 Å². The van der Waals surface area contributed by atoms with Gasteiger partial charge in [-0.25, -0.2) is 0 Å². The number of nitrogens with zero attached hydrogens (tertiary/aromatic N) is 1. The maximum Gasteiger partial charge on any atom is 0.417 e. The monoisotopic (exact) mass is 345 g/mol. The lowest BCUT2D eigenvalue weighted by Crippen LogP contribution is -2.54. The number of carbonyl (C=O) groups excluding carboxylic acids is 1. The van der Waals surface area contributed by atoms with Crippen molar-refractivity contribution in [1.29, 1.82) is 0 Å². The number of alkyl halides is 3. The van der Waals surface area contributed by atoms with Gasteiger partial charge in [-0.1, -0.05) is 24.3 Å². The molecular formula is C16H18F3NO2S. The van der Waals surface area contributed by atoms with Crippen molar-refractivity contribution in [2.24, 2.45) is 0 Å². The van der Waals surface area contributed by atoms with E-state index in [-0.39, 0.29) is 24.2 Å². The van der Waals surface area contributed by atoms with Crippen LogP contribution in [0.2, 0.25) is 0 Å². The van der Waals surface area contributed by atoms with Gasteiger partial charge in [0.2, 0.25) is 5.91 Å². The lowest BCUT2D eigenvalue weighted by molar-refractivity contribution is -0.272. The highest BCUT2D eigenvalue weighted by Crippen LogP contribution is 2.41. The van der Waals surface area contributed by atoms with E-state index in [1.54, 1.807) is 0 Å². The number of hydrogen-bond donors (Lipinski definition) is 1. The Morgan fingerprint density at radius 1 is 1.26 bits per heavy atom. The largest absolute Gasteiger partial charge is 0.417 e. The summed E-state index contributed by atoms with van der Waals surface area (Å²) >= 11 is 1.54. The van der Waals surface area contributed by atoms with E-state index in [0.29, 0.717) is 0 Å². The van der Waals surface area contributed by atoms with Crippen LogP contribution >= 0.6 is 11.8 Å². The highest BCUT2D eigenvalue weighted by atomic mass is 32.2. The fourth-order valence-corrected chi connectivity index (χ4v) is 4.42. The van der Waals surface area contributed by atoms with Crippen LogP contribution in [0.1, 0.15) is 29.2 Å². The molecule has 3 rings (SSSR count). The third-order valence-corrected chi connectivity index (χ3v) is 5.88. The van der Waals surface area contributed by atoms with Crippen molar-refractivity contribution in [1.82, 2.24) is 4.90 Å². The third kappa shape index (κ3) is 3.08. The van der Waals surface area contributed by atoms with E-state index in [2.05, 4.69) is 0 Å². The Labute approximate surface area is 136 Å². The maximum absolute atomic E-state index is 12.8. The zero-order chi connectivity index (χ0) is 16.7. The number of aryl methyl sites for hydroxylation is 1. The number of likely N-dealkylation sites (tertiary alicyclic amines) is 1. The van der Waals surface area contributed by atoms with Crippen LogP contribution in [0.25, 0.3) is 0 Å². The molecule has 0 aliphatic carbocycles. The second-order valence-corrected chi connectivity index (χ2v) is 7.27. The molecule has 2 aliphatic rings. The first-order valence-corrected chi connectivity index (χ1v) is 8.64.